The number of aryl methyl sites for hydroxylation is 1. The third kappa shape index (κ3) is 2.92. The molecule has 0 radical (unpaired) electrons. The van der Waals surface area contributed by atoms with Crippen LogP contribution in [0.15, 0.2) is 42.5 Å². The van der Waals surface area contributed by atoms with E-state index in [0.29, 0.717) is 22.0 Å². The fraction of sp³-hybridized carbons (Fsp3) is 0.133. The summed E-state index contributed by atoms with van der Waals surface area (Å²) in [5, 5.41) is 1.17. The van der Waals surface area contributed by atoms with Gasteiger partial charge in [0.15, 0.2) is 5.78 Å². The van der Waals surface area contributed by atoms with Gasteiger partial charge in [0.2, 0.25) is 0 Å². The fourth-order valence-corrected chi connectivity index (χ4v) is 2.23. The Bertz CT molecular complexity index is 591. The lowest BCUT2D eigenvalue weighted by Crippen LogP contribution is -2.04. The molecule has 1 nitrogen and oxygen atoms in total. The summed E-state index contributed by atoms with van der Waals surface area (Å²) in [6.07, 6.45) is 0.309. The average molecular weight is 279 g/mol. The number of benzene rings is 2. The predicted molar refractivity (Wildman–Crippen MR) is 75.7 cm³/mol. The second-order valence-corrected chi connectivity index (χ2v) is 4.98. The van der Waals surface area contributed by atoms with Crippen molar-refractivity contribution >= 4 is 29.0 Å². The second kappa shape index (κ2) is 5.55. The second-order valence-electron chi connectivity index (χ2n) is 4.17. The molecule has 0 fully saturated rings. The molecule has 2 aromatic rings. The Hall–Kier alpha value is -1.31. The molecule has 0 unspecified atom stereocenters. The molecule has 0 aliphatic heterocycles. The standard InChI is InChI=1S/C15H12Cl2O/c1-10-4-2-7-13(15(10)17)14(18)9-11-5-3-6-12(16)8-11/h2-8H,9H2,1H3. The molecule has 0 saturated carbocycles. The monoisotopic (exact) mass is 278 g/mol. The van der Waals surface area contributed by atoms with Gasteiger partial charge < -0.3 is 0 Å². The lowest BCUT2D eigenvalue weighted by Gasteiger charge is -2.06. The highest BCUT2D eigenvalue weighted by molar-refractivity contribution is 6.34. The van der Waals surface area contributed by atoms with Gasteiger partial charge in [-0.1, -0.05) is 47.5 Å². The zero-order valence-electron chi connectivity index (χ0n) is 9.91. The molecule has 0 aliphatic carbocycles. The van der Waals surface area contributed by atoms with Gasteiger partial charge in [-0.25, -0.2) is 0 Å². The minimum atomic E-state index is 0.00552. The number of carbonyl (C=O) groups is 1. The normalized spacial score (nSPS) is 10.4. The summed E-state index contributed by atoms with van der Waals surface area (Å²) in [4.78, 5) is 12.2. The van der Waals surface area contributed by atoms with E-state index < -0.39 is 0 Å². The third-order valence-corrected chi connectivity index (χ3v) is 3.48. The van der Waals surface area contributed by atoms with Crippen LogP contribution < -0.4 is 0 Å². The molecule has 0 heterocycles. The van der Waals surface area contributed by atoms with Gasteiger partial charge in [-0.15, -0.1) is 0 Å². The van der Waals surface area contributed by atoms with Gasteiger partial charge in [0.1, 0.15) is 0 Å². The van der Waals surface area contributed by atoms with E-state index in [1.54, 1.807) is 18.2 Å². The van der Waals surface area contributed by atoms with Gasteiger partial charge in [-0.3, -0.25) is 4.79 Å². The number of ketones is 1. The quantitative estimate of drug-likeness (QED) is 0.742. The Morgan fingerprint density at radius 1 is 1.11 bits per heavy atom. The first kappa shape index (κ1) is 13.1. The Morgan fingerprint density at radius 2 is 1.83 bits per heavy atom. The summed E-state index contributed by atoms with van der Waals surface area (Å²) in [7, 11) is 0. The van der Waals surface area contributed by atoms with Crippen LogP contribution in [0.2, 0.25) is 10.0 Å². The summed E-state index contributed by atoms with van der Waals surface area (Å²) in [5.41, 5.74) is 2.37. The first-order valence-electron chi connectivity index (χ1n) is 5.60. The van der Waals surface area contributed by atoms with E-state index in [-0.39, 0.29) is 5.78 Å². The van der Waals surface area contributed by atoms with E-state index >= 15 is 0 Å². The highest BCUT2D eigenvalue weighted by Crippen LogP contribution is 2.22. The number of rotatable bonds is 3. The molecule has 2 rings (SSSR count). The van der Waals surface area contributed by atoms with Crippen LogP contribution in [0.5, 0.6) is 0 Å². The van der Waals surface area contributed by atoms with Crippen molar-refractivity contribution in [3.63, 3.8) is 0 Å². The van der Waals surface area contributed by atoms with Crippen molar-refractivity contribution in [3.05, 3.63) is 69.2 Å². The molecule has 92 valence electrons. The Kier molecular flexibility index (Phi) is 4.05. The maximum Gasteiger partial charge on any atom is 0.168 e. The summed E-state index contributed by atoms with van der Waals surface area (Å²) < 4.78 is 0. The molecule has 0 aromatic heterocycles. The Labute approximate surface area is 116 Å². The Balaban J connectivity index is 2.25. The van der Waals surface area contributed by atoms with Crippen molar-refractivity contribution in [2.45, 2.75) is 13.3 Å². The SMILES string of the molecule is Cc1cccc(C(=O)Cc2cccc(Cl)c2)c1Cl. The zero-order chi connectivity index (χ0) is 13.1. The molecule has 3 heteroatoms. The number of hydrogen-bond acceptors (Lipinski definition) is 1. The van der Waals surface area contributed by atoms with Crippen molar-refractivity contribution in [2.75, 3.05) is 0 Å². The number of halogens is 2. The summed E-state index contributed by atoms with van der Waals surface area (Å²) in [5.74, 6) is 0.00552. The van der Waals surface area contributed by atoms with Crippen LogP contribution in [-0.2, 0) is 6.42 Å². The van der Waals surface area contributed by atoms with Crippen LogP contribution in [0.3, 0.4) is 0 Å². The summed E-state index contributed by atoms with van der Waals surface area (Å²) in [6, 6.07) is 12.8. The van der Waals surface area contributed by atoms with Gasteiger partial charge in [-0.2, -0.15) is 0 Å². The van der Waals surface area contributed by atoms with Crippen molar-refractivity contribution in [2.24, 2.45) is 0 Å². The van der Waals surface area contributed by atoms with Crippen molar-refractivity contribution < 1.29 is 4.79 Å². The first-order chi connectivity index (χ1) is 8.58. The highest BCUT2D eigenvalue weighted by atomic mass is 35.5. The van der Waals surface area contributed by atoms with Crippen molar-refractivity contribution in [3.8, 4) is 0 Å². The van der Waals surface area contributed by atoms with E-state index in [4.69, 9.17) is 23.2 Å². The van der Waals surface area contributed by atoms with E-state index in [9.17, 15) is 4.79 Å². The highest BCUT2D eigenvalue weighted by Gasteiger charge is 2.12. The van der Waals surface area contributed by atoms with E-state index in [1.165, 1.54) is 0 Å². The van der Waals surface area contributed by atoms with Crippen molar-refractivity contribution in [1.82, 2.24) is 0 Å². The lowest BCUT2D eigenvalue weighted by molar-refractivity contribution is 0.0993. The van der Waals surface area contributed by atoms with Crippen LogP contribution in [0.25, 0.3) is 0 Å². The number of carbonyl (C=O) groups excluding carboxylic acids is 1. The maximum absolute atomic E-state index is 12.2. The zero-order valence-corrected chi connectivity index (χ0v) is 11.4. The molecule has 0 spiro atoms. The van der Waals surface area contributed by atoms with Crippen LogP contribution in [-0.4, -0.2) is 5.78 Å². The molecule has 0 saturated heterocycles. The first-order valence-corrected chi connectivity index (χ1v) is 6.36. The fourth-order valence-electron chi connectivity index (χ4n) is 1.79. The maximum atomic E-state index is 12.2. The summed E-state index contributed by atoms with van der Waals surface area (Å²) >= 11 is 12.0. The van der Waals surface area contributed by atoms with E-state index in [2.05, 4.69) is 0 Å². The largest absolute Gasteiger partial charge is 0.294 e. The predicted octanol–water partition coefficient (Wildman–Crippen LogP) is 4.73. The summed E-state index contributed by atoms with van der Waals surface area (Å²) in [6.45, 7) is 1.89. The topological polar surface area (TPSA) is 17.1 Å². The molecular weight excluding hydrogens is 267 g/mol. The molecule has 0 amide bonds. The van der Waals surface area contributed by atoms with Gasteiger partial charge in [0, 0.05) is 17.0 Å². The molecule has 0 atom stereocenters. The van der Waals surface area contributed by atoms with Gasteiger partial charge in [0.25, 0.3) is 0 Å². The van der Waals surface area contributed by atoms with Gasteiger partial charge >= 0.3 is 0 Å². The molecular formula is C15H12Cl2O. The van der Waals surface area contributed by atoms with Crippen LogP contribution >= 0.6 is 23.2 Å². The Morgan fingerprint density at radius 3 is 2.56 bits per heavy atom. The van der Waals surface area contributed by atoms with E-state index in [0.717, 1.165) is 11.1 Å². The molecule has 0 bridgehead atoms. The van der Waals surface area contributed by atoms with Crippen LogP contribution in [0.1, 0.15) is 21.5 Å². The van der Waals surface area contributed by atoms with E-state index in [1.807, 2.05) is 31.2 Å². The van der Waals surface area contributed by atoms with Crippen LogP contribution in [0, 0.1) is 6.92 Å². The molecule has 18 heavy (non-hydrogen) atoms. The number of Topliss-reactive ketones (excluding diaryl/α,β-unsaturated/α-hetero) is 1. The van der Waals surface area contributed by atoms with Crippen molar-refractivity contribution in [1.29, 1.82) is 0 Å². The molecule has 2 aromatic carbocycles. The lowest BCUT2D eigenvalue weighted by atomic mass is 10.0. The minimum absolute atomic E-state index is 0.00552. The minimum Gasteiger partial charge on any atom is -0.294 e. The van der Waals surface area contributed by atoms with Gasteiger partial charge in [-0.05, 0) is 36.2 Å². The molecule has 0 N–H and O–H groups in total. The molecule has 0 aliphatic rings. The smallest absolute Gasteiger partial charge is 0.168 e. The number of hydrogen-bond donors (Lipinski definition) is 0. The average Bonchev–Trinajstić information content (AvgIpc) is 2.32. The third-order valence-electron chi connectivity index (χ3n) is 2.75. The van der Waals surface area contributed by atoms with Crippen LogP contribution in [0.4, 0.5) is 0 Å². The van der Waals surface area contributed by atoms with Gasteiger partial charge in [0.05, 0.1) is 5.02 Å².